The zero-order chi connectivity index (χ0) is 22.6. The molecule has 0 bridgehead atoms. The lowest BCUT2D eigenvalue weighted by Gasteiger charge is -2.28. The normalized spacial score (nSPS) is 13.9. The number of carbonyl (C=O) groups excluding carboxylic acids is 1. The van der Waals surface area contributed by atoms with Crippen LogP contribution in [-0.4, -0.2) is 56.6 Å². The van der Waals surface area contributed by atoms with Gasteiger partial charge in [0.05, 0.1) is 31.0 Å². The fourth-order valence-electron chi connectivity index (χ4n) is 3.43. The van der Waals surface area contributed by atoms with Gasteiger partial charge in [-0.25, -0.2) is 8.42 Å². The molecule has 0 spiro atoms. The van der Waals surface area contributed by atoms with E-state index in [0.717, 1.165) is 17.2 Å². The molecule has 0 fully saturated rings. The maximum absolute atomic E-state index is 12.7. The quantitative estimate of drug-likeness (QED) is 0.480. The van der Waals surface area contributed by atoms with Crippen molar-refractivity contribution in [2.45, 2.75) is 13.0 Å². The average molecular weight is 449 g/mol. The molecule has 1 amide bonds. The lowest BCUT2D eigenvalue weighted by Crippen LogP contribution is -2.40. The third-order valence-corrected chi connectivity index (χ3v) is 6.90. The number of nitro benzene ring substituents is 1. The molecule has 0 radical (unpaired) electrons. The van der Waals surface area contributed by atoms with Crippen LogP contribution < -0.4 is 14.8 Å². The second-order valence-corrected chi connectivity index (χ2v) is 8.99. The van der Waals surface area contributed by atoms with Crippen molar-refractivity contribution >= 4 is 21.6 Å². The highest BCUT2D eigenvalue weighted by Gasteiger charge is 2.28. The standard InChI is InChI=1S/C20H23N3O7S/c1-29-18-11-16(17(23(25)26)12-19(18)30-2)20(24)21-8-10-31(27,28)22-9-7-14-5-3-4-6-15(14)13-22/h3-6,11-12H,7-10,13H2,1-2H3,(H,21,24). The van der Waals surface area contributed by atoms with Crippen molar-refractivity contribution < 1.29 is 27.6 Å². The average Bonchev–Trinajstić information content (AvgIpc) is 2.77. The Hall–Kier alpha value is -3.18. The Morgan fingerprint density at radius 1 is 1.16 bits per heavy atom. The van der Waals surface area contributed by atoms with Crippen molar-refractivity contribution in [2.75, 3.05) is 33.1 Å². The molecule has 0 aromatic heterocycles. The summed E-state index contributed by atoms with van der Waals surface area (Å²) in [4.78, 5) is 23.2. The second kappa shape index (κ2) is 9.31. The van der Waals surface area contributed by atoms with Gasteiger partial charge >= 0.3 is 0 Å². The van der Waals surface area contributed by atoms with E-state index in [1.807, 2.05) is 24.3 Å². The Morgan fingerprint density at radius 2 is 1.81 bits per heavy atom. The molecule has 0 aliphatic carbocycles. The van der Waals surface area contributed by atoms with Crippen LogP contribution in [0.1, 0.15) is 21.5 Å². The molecular weight excluding hydrogens is 426 g/mol. The van der Waals surface area contributed by atoms with Crippen molar-refractivity contribution in [1.82, 2.24) is 9.62 Å². The Labute approximate surface area is 180 Å². The molecule has 10 nitrogen and oxygen atoms in total. The predicted octanol–water partition coefficient (Wildman–Crippen LogP) is 1.73. The summed E-state index contributed by atoms with van der Waals surface area (Å²) in [5.41, 5.74) is 1.38. The summed E-state index contributed by atoms with van der Waals surface area (Å²) in [5.74, 6) is -0.828. The number of benzene rings is 2. The van der Waals surface area contributed by atoms with Gasteiger partial charge in [-0.2, -0.15) is 4.31 Å². The van der Waals surface area contributed by atoms with Crippen molar-refractivity contribution in [3.63, 3.8) is 0 Å². The Morgan fingerprint density at radius 3 is 2.45 bits per heavy atom. The SMILES string of the molecule is COc1cc(C(=O)NCCS(=O)(=O)N2CCc3ccccc3C2)c([N+](=O)[O-])cc1OC. The number of nitrogens with zero attached hydrogens (tertiary/aromatic N) is 2. The molecule has 11 heteroatoms. The zero-order valence-electron chi connectivity index (χ0n) is 17.2. The topological polar surface area (TPSA) is 128 Å². The summed E-state index contributed by atoms with van der Waals surface area (Å²) in [7, 11) is -0.947. The van der Waals surface area contributed by atoms with Crippen LogP contribution >= 0.6 is 0 Å². The van der Waals surface area contributed by atoms with Crippen LogP contribution in [0.25, 0.3) is 0 Å². The summed E-state index contributed by atoms with van der Waals surface area (Å²) in [6.45, 7) is 0.465. The van der Waals surface area contributed by atoms with E-state index in [9.17, 15) is 23.3 Å². The third kappa shape index (κ3) is 4.94. The number of rotatable bonds is 8. The van der Waals surface area contributed by atoms with Gasteiger partial charge < -0.3 is 14.8 Å². The first-order valence-electron chi connectivity index (χ1n) is 9.50. The van der Waals surface area contributed by atoms with Gasteiger partial charge in [0.1, 0.15) is 5.56 Å². The van der Waals surface area contributed by atoms with Crippen LogP contribution in [0.5, 0.6) is 11.5 Å². The van der Waals surface area contributed by atoms with Crippen molar-refractivity contribution in [1.29, 1.82) is 0 Å². The Bertz CT molecular complexity index is 1100. The maximum Gasteiger partial charge on any atom is 0.286 e. The summed E-state index contributed by atoms with van der Waals surface area (Å²) in [6.07, 6.45) is 0.625. The molecule has 166 valence electrons. The number of ether oxygens (including phenoxy) is 2. The Balaban J connectivity index is 1.68. The number of hydrogen-bond donors (Lipinski definition) is 1. The van der Waals surface area contributed by atoms with E-state index in [2.05, 4.69) is 5.32 Å². The monoisotopic (exact) mass is 449 g/mol. The zero-order valence-corrected chi connectivity index (χ0v) is 18.0. The number of amides is 1. The van der Waals surface area contributed by atoms with Crippen LogP contribution in [-0.2, 0) is 23.0 Å². The van der Waals surface area contributed by atoms with E-state index in [1.54, 1.807) is 0 Å². The van der Waals surface area contributed by atoms with Gasteiger partial charge in [0.15, 0.2) is 11.5 Å². The number of nitrogens with one attached hydrogen (secondary N) is 1. The highest BCUT2D eigenvalue weighted by atomic mass is 32.2. The number of nitro groups is 1. The molecule has 3 rings (SSSR count). The van der Waals surface area contributed by atoms with Gasteiger partial charge in [-0.15, -0.1) is 0 Å². The van der Waals surface area contributed by atoms with Crippen LogP contribution in [0.3, 0.4) is 0 Å². The van der Waals surface area contributed by atoms with Crippen LogP contribution in [0.2, 0.25) is 0 Å². The molecule has 0 unspecified atom stereocenters. The first kappa shape index (κ1) is 22.5. The number of methoxy groups -OCH3 is 2. The molecule has 1 aliphatic heterocycles. The maximum atomic E-state index is 12.7. The van der Waals surface area contributed by atoms with Gasteiger partial charge in [-0.3, -0.25) is 14.9 Å². The lowest BCUT2D eigenvalue weighted by atomic mass is 10.0. The van der Waals surface area contributed by atoms with Crippen molar-refractivity contribution in [3.8, 4) is 11.5 Å². The van der Waals surface area contributed by atoms with Gasteiger partial charge in [0, 0.05) is 25.7 Å². The van der Waals surface area contributed by atoms with Crippen LogP contribution in [0.15, 0.2) is 36.4 Å². The largest absolute Gasteiger partial charge is 0.493 e. The molecule has 1 N–H and O–H groups in total. The molecule has 2 aromatic carbocycles. The molecule has 1 heterocycles. The molecule has 0 saturated heterocycles. The number of hydrogen-bond acceptors (Lipinski definition) is 7. The smallest absolute Gasteiger partial charge is 0.286 e. The number of fused-ring (bicyclic) bond motifs is 1. The van der Waals surface area contributed by atoms with E-state index >= 15 is 0 Å². The van der Waals surface area contributed by atoms with Crippen LogP contribution in [0.4, 0.5) is 5.69 Å². The molecule has 0 atom stereocenters. The van der Waals surface area contributed by atoms with E-state index in [-0.39, 0.29) is 35.9 Å². The first-order chi connectivity index (χ1) is 14.8. The molecule has 31 heavy (non-hydrogen) atoms. The van der Waals surface area contributed by atoms with Crippen molar-refractivity contribution in [3.05, 3.63) is 63.2 Å². The summed E-state index contributed by atoms with van der Waals surface area (Å²) in [5, 5.41) is 13.8. The van der Waals surface area contributed by atoms with Gasteiger partial charge in [0.25, 0.3) is 11.6 Å². The third-order valence-electron chi connectivity index (χ3n) is 5.08. The van der Waals surface area contributed by atoms with Gasteiger partial charge in [-0.05, 0) is 17.5 Å². The van der Waals surface area contributed by atoms with E-state index in [1.165, 1.54) is 24.6 Å². The summed E-state index contributed by atoms with van der Waals surface area (Å²) >= 11 is 0. The van der Waals surface area contributed by atoms with Crippen molar-refractivity contribution in [2.24, 2.45) is 0 Å². The minimum atomic E-state index is -3.61. The lowest BCUT2D eigenvalue weighted by molar-refractivity contribution is -0.385. The first-order valence-corrected chi connectivity index (χ1v) is 11.1. The molecule has 1 aliphatic rings. The summed E-state index contributed by atoms with van der Waals surface area (Å²) in [6, 6.07) is 9.96. The van der Waals surface area contributed by atoms with E-state index in [0.29, 0.717) is 13.0 Å². The Kier molecular flexibility index (Phi) is 6.76. The minimum absolute atomic E-state index is 0.110. The summed E-state index contributed by atoms with van der Waals surface area (Å²) < 4.78 is 36.9. The molecular formula is C20H23N3O7S. The van der Waals surface area contributed by atoms with E-state index < -0.39 is 26.5 Å². The molecule has 2 aromatic rings. The highest BCUT2D eigenvalue weighted by Crippen LogP contribution is 2.34. The predicted molar refractivity (Wildman–Crippen MR) is 113 cm³/mol. The van der Waals surface area contributed by atoms with E-state index in [4.69, 9.17) is 9.47 Å². The number of carbonyl (C=O) groups is 1. The van der Waals surface area contributed by atoms with Crippen LogP contribution in [0, 0.1) is 10.1 Å². The van der Waals surface area contributed by atoms with Gasteiger partial charge in [-0.1, -0.05) is 24.3 Å². The minimum Gasteiger partial charge on any atom is -0.493 e. The molecule has 0 saturated carbocycles. The number of sulfonamides is 1. The highest BCUT2D eigenvalue weighted by molar-refractivity contribution is 7.89. The second-order valence-electron chi connectivity index (χ2n) is 6.91. The van der Waals surface area contributed by atoms with Gasteiger partial charge in [0.2, 0.25) is 10.0 Å². The fourth-order valence-corrected chi connectivity index (χ4v) is 4.75. The fraction of sp³-hybridized carbons (Fsp3) is 0.350.